The van der Waals surface area contributed by atoms with Crippen molar-refractivity contribution in [3.05, 3.63) is 65.0 Å². The summed E-state index contributed by atoms with van der Waals surface area (Å²) in [6, 6.07) is 13.8. The van der Waals surface area contributed by atoms with Crippen molar-refractivity contribution < 1.29 is 14.3 Å². The van der Waals surface area contributed by atoms with Gasteiger partial charge >= 0.3 is 0 Å². The maximum Gasteiger partial charge on any atom is 0.257 e. The van der Waals surface area contributed by atoms with Crippen molar-refractivity contribution in [1.29, 1.82) is 0 Å². The largest absolute Gasteiger partial charge is 0.497 e. The fourth-order valence-electron chi connectivity index (χ4n) is 3.79. The van der Waals surface area contributed by atoms with Crippen LogP contribution in [0.4, 0.5) is 5.13 Å². The molecule has 0 radical (unpaired) electrons. The molecule has 3 aromatic rings. The summed E-state index contributed by atoms with van der Waals surface area (Å²) in [4.78, 5) is 22.0. The van der Waals surface area contributed by atoms with Crippen molar-refractivity contribution in [2.75, 3.05) is 45.3 Å². The van der Waals surface area contributed by atoms with Gasteiger partial charge in [0.05, 0.1) is 19.8 Å². The van der Waals surface area contributed by atoms with Gasteiger partial charge in [0.1, 0.15) is 17.3 Å². The van der Waals surface area contributed by atoms with Gasteiger partial charge in [-0.05, 0) is 31.0 Å². The molecule has 32 heavy (non-hydrogen) atoms. The Labute approximate surface area is 192 Å². The molecule has 4 rings (SSSR count). The van der Waals surface area contributed by atoms with Crippen molar-refractivity contribution in [2.24, 2.45) is 0 Å². The van der Waals surface area contributed by atoms with Crippen molar-refractivity contribution in [2.45, 2.75) is 19.8 Å². The van der Waals surface area contributed by atoms with Gasteiger partial charge in [0.15, 0.2) is 0 Å². The summed E-state index contributed by atoms with van der Waals surface area (Å²) in [6.45, 7) is 4.98. The Bertz CT molecular complexity index is 1070. The van der Waals surface area contributed by atoms with Gasteiger partial charge in [0, 0.05) is 50.2 Å². The fourth-order valence-corrected chi connectivity index (χ4v) is 4.53. The van der Waals surface area contributed by atoms with Gasteiger partial charge in [-0.15, -0.1) is 0 Å². The van der Waals surface area contributed by atoms with Gasteiger partial charge < -0.3 is 19.3 Å². The normalized spacial score (nSPS) is 14.2. The third kappa shape index (κ3) is 5.02. The number of hydrogen-bond acceptors (Lipinski definition) is 7. The molecule has 0 bridgehead atoms. The summed E-state index contributed by atoms with van der Waals surface area (Å²) in [6.07, 6.45) is 1.60. The lowest BCUT2D eigenvalue weighted by Gasteiger charge is -2.22. The van der Waals surface area contributed by atoms with Crippen LogP contribution < -0.4 is 14.4 Å². The third-order valence-corrected chi connectivity index (χ3v) is 6.45. The molecule has 8 heteroatoms. The number of amides is 1. The number of rotatable bonds is 6. The van der Waals surface area contributed by atoms with E-state index < -0.39 is 0 Å². The Morgan fingerprint density at radius 3 is 2.59 bits per heavy atom. The first-order valence-electron chi connectivity index (χ1n) is 10.7. The SMILES string of the molecule is COc1ccc(C(=O)N2CCCN(c3nc(Cc4ccc(C)cc4)ns3)CC2)c(OC)c1. The lowest BCUT2D eigenvalue weighted by molar-refractivity contribution is 0.0763. The highest BCUT2D eigenvalue weighted by molar-refractivity contribution is 7.09. The van der Waals surface area contributed by atoms with E-state index in [1.165, 1.54) is 22.7 Å². The molecule has 1 fully saturated rings. The highest BCUT2D eigenvalue weighted by atomic mass is 32.1. The van der Waals surface area contributed by atoms with Crippen LogP contribution in [0.3, 0.4) is 0 Å². The molecule has 2 aromatic carbocycles. The minimum Gasteiger partial charge on any atom is -0.497 e. The van der Waals surface area contributed by atoms with Gasteiger partial charge in [-0.1, -0.05) is 29.8 Å². The molecular weight excluding hydrogens is 424 g/mol. The molecule has 7 nitrogen and oxygen atoms in total. The number of hydrogen-bond donors (Lipinski definition) is 0. The van der Waals surface area contributed by atoms with E-state index in [1.807, 2.05) is 4.90 Å². The maximum absolute atomic E-state index is 13.2. The van der Waals surface area contributed by atoms with E-state index in [4.69, 9.17) is 14.5 Å². The third-order valence-electron chi connectivity index (χ3n) is 5.63. The van der Waals surface area contributed by atoms with Crippen LogP contribution in [0, 0.1) is 6.92 Å². The minimum absolute atomic E-state index is 0.0244. The van der Waals surface area contributed by atoms with E-state index in [1.54, 1.807) is 32.4 Å². The molecule has 0 N–H and O–H groups in total. The number of anilines is 1. The van der Waals surface area contributed by atoms with E-state index in [-0.39, 0.29) is 5.91 Å². The summed E-state index contributed by atoms with van der Waals surface area (Å²) in [5.41, 5.74) is 3.01. The van der Waals surface area contributed by atoms with Crippen LogP contribution in [0.1, 0.15) is 33.7 Å². The Morgan fingerprint density at radius 2 is 1.84 bits per heavy atom. The molecule has 1 amide bonds. The zero-order chi connectivity index (χ0) is 22.5. The number of nitrogens with zero attached hydrogens (tertiary/aromatic N) is 4. The van der Waals surface area contributed by atoms with Crippen LogP contribution in [0.5, 0.6) is 11.5 Å². The zero-order valence-corrected chi connectivity index (χ0v) is 19.5. The lowest BCUT2D eigenvalue weighted by Crippen LogP contribution is -2.35. The first kappa shape index (κ1) is 22.1. The minimum atomic E-state index is -0.0244. The predicted molar refractivity (Wildman–Crippen MR) is 126 cm³/mol. The lowest BCUT2D eigenvalue weighted by atomic mass is 10.1. The molecule has 0 unspecified atom stereocenters. The van der Waals surface area contributed by atoms with Crippen molar-refractivity contribution in [3.8, 4) is 11.5 Å². The summed E-state index contributed by atoms with van der Waals surface area (Å²) in [5.74, 6) is 2.01. The molecule has 0 atom stereocenters. The van der Waals surface area contributed by atoms with E-state index >= 15 is 0 Å². The molecule has 1 aliphatic heterocycles. The first-order valence-corrected chi connectivity index (χ1v) is 11.5. The molecule has 0 spiro atoms. The highest BCUT2D eigenvalue weighted by Gasteiger charge is 2.24. The monoisotopic (exact) mass is 452 g/mol. The van der Waals surface area contributed by atoms with Crippen LogP contribution in [-0.4, -0.2) is 60.6 Å². The number of carbonyl (C=O) groups is 1. The number of methoxy groups -OCH3 is 2. The molecular formula is C24H28N4O3S. The van der Waals surface area contributed by atoms with Gasteiger partial charge in [-0.25, -0.2) is 4.98 Å². The van der Waals surface area contributed by atoms with Gasteiger partial charge in [-0.3, -0.25) is 4.79 Å². The van der Waals surface area contributed by atoms with Gasteiger partial charge in [0.25, 0.3) is 5.91 Å². The van der Waals surface area contributed by atoms with Crippen LogP contribution in [-0.2, 0) is 6.42 Å². The molecule has 2 heterocycles. The number of carbonyl (C=O) groups excluding carboxylic acids is 1. The molecule has 1 aromatic heterocycles. The number of aromatic nitrogens is 2. The summed E-state index contributed by atoms with van der Waals surface area (Å²) in [5, 5.41) is 0.920. The Morgan fingerprint density at radius 1 is 1.03 bits per heavy atom. The maximum atomic E-state index is 13.2. The van der Waals surface area contributed by atoms with E-state index in [0.29, 0.717) is 30.2 Å². The Hall–Kier alpha value is -3.13. The van der Waals surface area contributed by atoms with E-state index in [2.05, 4.69) is 40.5 Å². The number of aryl methyl sites for hydroxylation is 1. The fraction of sp³-hybridized carbons (Fsp3) is 0.375. The molecule has 1 aliphatic rings. The first-order chi connectivity index (χ1) is 15.6. The standard InChI is InChI=1S/C24H28N4O3S/c1-17-5-7-18(8-6-17)15-22-25-24(32-26-22)28-12-4-11-27(13-14-28)23(29)20-10-9-19(30-2)16-21(20)31-3/h5-10,16H,4,11-15H2,1-3H3. The van der Waals surface area contributed by atoms with Crippen molar-refractivity contribution in [1.82, 2.24) is 14.3 Å². The average molecular weight is 453 g/mol. The van der Waals surface area contributed by atoms with Gasteiger partial charge in [0.2, 0.25) is 5.13 Å². The van der Waals surface area contributed by atoms with Crippen molar-refractivity contribution >= 4 is 22.6 Å². The second kappa shape index (κ2) is 9.99. The summed E-state index contributed by atoms with van der Waals surface area (Å²) < 4.78 is 15.2. The molecule has 168 valence electrons. The highest BCUT2D eigenvalue weighted by Crippen LogP contribution is 2.27. The Kier molecular flexibility index (Phi) is 6.90. The van der Waals surface area contributed by atoms with Crippen molar-refractivity contribution in [3.63, 3.8) is 0 Å². The average Bonchev–Trinajstić information content (AvgIpc) is 3.14. The van der Waals surface area contributed by atoms with E-state index in [9.17, 15) is 4.79 Å². The molecule has 0 aliphatic carbocycles. The summed E-state index contributed by atoms with van der Waals surface area (Å²) in [7, 11) is 3.17. The summed E-state index contributed by atoms with van der Waals surface area (Å²) >= 11 is 1.43. The van der Waals surface area contributed by atoms with Crippen LogP contribution in [0.25, 0.3) is 0 Å². The predicted octanol–water partition coefficient (Wildman–Crippen LogP) is 3.81. The van der Waals surface area contributed by atoms with Gasteiger partial charge in [-0.2, -0.15) is 4.37 Å². The molecule has 0 saturated carbocycles. The second-order valence-corrected chi connectivity index (χ2v) is 8.58. The number of ether oxygens (including phenoxy) is 2. The second-order valence-electron chi connectivity index (χ2n) is 7.85. The topological polar surface area (TPSA) is 67.8 Å². The smallest absolute Gasteiger partial charge is 0.257 e. The van der Waals surface area contributed by atoms with Crippen LogP contribution >= 0.6 is 11.5 Å². The zero-order valence-electron chi connectivity index (χ0n) is 18.7. The van der Waals surface area contributed by atoms with Crippen LogP contribution in [0.2, 0.25) is 0 Å². The molecule has 1 saturated heterocycles. The van der Waals surface area contributed by atoms with Crippen LogP contribution in [0.15, 0.2) is 42.5 Å². The quantitative estimate of drug-likeness (QED) is 0.567. The Balaban J connectivity index is 1.41. The van der Waals surface area contributed by atoms with E-state index in [0.717, 1.165) is 36.9 Å². The number of benzene rings is 2.